The van der Waals surface area contributed by atoms with Crippen LogP contribution in [0, 0.1) is 5.82 Å². The van der Waals surface area contributed by atoms with Crippen LogP contribution >= 0.6 is 0 Å². The summed E-state index contributed by atoms with van der Waals surface area (Å²) in [6.07, 6.45) is 3.55. The number of halogens is 1. The van der Waals surface area contributed by atoms with E-state index in [1.165, 1.54) is 18.6 Å². The van der Waals surface area contributed by atoms with Crippen molar-refractivity contribution < 1.29 is 17.9 Å². The molecule has 1 fully saturated rings. The quantitative estimate of drug-likeness (QED) is 0.824. The Kier molecular flexibility index (Phi) is 5.69. The van der Waals surface area contributed by atoms with Gasteiger partial charge in [-0.1, -0.05) is 6.42 Å². The number of nitrogens with one attached hydrogen (secondary N) is 1. The molecule has 0 amide bonds. The predicted molar refractivity (Wildman–Crippen MR) is 77.8 cm³/mol. The molecular formula is C14H21FN2O3S. The van der Waals surface area contributed by atoms with Gasteiger partial charge in [0.2, 0.25) is 10.0 Å². The predicted octanol–water partition coefficient (Wildman–Crippen LogP) is 1.08. The number of aliphatic hydroxyl groups excluding tert-OH is 1. The van der Waals surface area contributed by atoms with Crippen LogP contribution in [0.3, 0.4) is 0 Å². The highest BCUT2D eigenvalue weighted by Gasteiger charge is 2.17. The first-order valence-corrected chi connectivity index (χ1v) is 8.62. The number of aliphatic hydroxyl groups is 1. The second kappa shape index (κ2) is 7.31. The minimum absolute atomic E-state index is 0.0195. The van der Waals surface area contributed by atoms with Gasteiger partial charge in [0.05, 0.1) is 11.5 Å². The Hall–Kier alpha value is -1.02. The van der Waals surface area contributed by atoms with Crippen LogP contribution in [-0.2, 0) is 16.6 Å². The first-order valence-electron chi connectivity index (χ1n) is 7.14. The molecule has 0 atom stereocenters. The molecule has 0 saturated carbocycles. The lowest BCUT2D eigenvalue weighted by atomic mass is 10.1. The van der Waals surface area contributed by atoms with Gasteiger partial charge in [0.15, 0.2) is 0 Å². The molecule has 1 aliphatic rings. The lowest BCUT2D eigenvalue weighted by Crippen LogP contribution is -2.37. The van der Waals surface area contributed by atoms with E-state index in [1.807, 2.05) is 0 Å². The van der Waals surface area contributed by atoms with Crippen LogP contribution < -0.4 is 4.72 Å². The summed E-state index contributed by atoms with van der Waals surface area (Å²) in [5.74, 6) is -0.607. The highest BCUT2D eigenvalue weighted by Crippen LogP contribution is 2.15. The molecule has 0 aliphatic carbocycles. The number of sulfonamides is 1. The van der Waals surface area contributed by atoms with Crippen LogP contribution in [0.15, 0.2) is 23.1 Å². The van der Waals surface area contributed by atoms with Crippen LogP contribution in [0.1, 0.15) is 24.8 Å². The Morgan fingerprint density at radius 1 is 1.24 bits per heavy atom. The van der Waals surface area contributed by atoms with E-state index in [1.54, 1.807) is 0 Å². The van der Waals surface area contributed by atoms with E-state index in [4.69, 9.17) is 5.11 Å². The summed E-state index contributed by atoms with van der Waals surface area (Å²) in [4.78, 5) is 2.21. The van der Waals surface area contributed by atoms with Crippen molar-refractivity contribution in [2.45, 2.75) is 30.8 Å². The highest BCUT2D eigenvalue weighted by atomic mass is 32.2. The van der Waals surface area contributed by atoms with Gasteiger partial charge < -0.3 is 10.0 Å². The maximum atomic E-state index is 13.3. The minimum atomic E-state index is -3.66. The molecule has 7 heteroatoms. The van der Waals surface area contributed by atoms with Crippen molar-refractivity contribution >= 4 is 10.0 Å². The summed E-state index contributed by atoms with van der Waals surface area (Å²) in [5, 5.41) is 8.99. The third kappa shape index (κ3) is 4.47. The summed E-state index contributed by atoms with van der Waals surface area (Å²) in [7, 11) is -3.66. The van der Waals surface area contributed by atoms with Gasteiger partial charge in [-0.25, -0.2) is 17.5 Å². The zero-order valence-electron chi connectivity index (χ0n) is 11.9. The van der Waals surface area contributed by atoms with E-state index in [9.17, 15) is 12.8 Å². The average Bonchev–Trinajstić information content (AvgIpc) is 2.48. The number of benzene rings is 1. The molecule has 2 rings (SSSR count). The smallest absolute Gasteiger partial charge is 0.240 e. The van der Waals surface area contributed by atoms with Gasteiger partial charge >= 0.3 is 0 Å². The zero-order valence-corrected chi connectivity index (χ0v) is 12.7. The summed E-state index contributed by atoms with van der Waals surface area (Å²) in [6, 6.07) is 3.43. The third-order valence-corrected chi connectivity index (χ3v) is 5.13. The molecule has 0 radical (unpaired) electrons. The third-order valence-electron chi connectivity index (χ3n) is 3.67. The number of likely N-dealkylation sites (tertiary alicyclic amines) is 1. The van der Waals surface area contributed by atoms with Gasteiger partial charge in [0.1, 0.15) is 5.82 Å². The molecule has 0 spiro atoms. The summed E-state index contributed by atoms with van der Waals surface area (Å²) in [6.45, 7) is 2.49. The van der Waals surface area contributed by atoms with E-state index < -0.39 is 22.4 Å². The van der Waals surface area contributed by atoms with E-state index in [-0.39, 0.29) is 10.5 Å². The van der Waals surface area contributed by atoms with Crippen LogP contribution in [0.25, 0.3) is 0 Å². The number of nitrogens with zero attached hydrogens (tertiary/aromatic N) is 1. The lowest BCUT2D eigenvalue weighted by molar-refractivity contribution is 0.233. The number of piperidine rings is 1. The monoisotopic (exact) mass is 316 g/mol. The van der Waals surface area contributed by atoms with E-state index in [0.29, 0.717) is 13.1 Å². The molecule has 1 saturated heterocycles. The van der Waals surface area contributed by atoms with E-state index >= 15 is 0 Å². The molecule has 1 aromatic carbocycles. The topological polar surface area (TPSA) is 69.6 Å². The molecule has 1 heterocycles. The van der Waals surface area contributed by atoms with Crippen molar-refractivity contribution in [3.05, 3.63) is 29.6 Å². The Morgan fingerprint density at radius 3 is 2.62 bits per heavy atom. The van der Waals surface area contributed by atoms with Gasteiger partial charge in [-0.2, -0.15) is 0 Å². The van der Waals surface area contributed by atoms with Gasteiger partial charge in [0, 0.05) is 18.7 Å². The second-order valence-electron chi connectivity index (χ2n) is 5.21. The number of rotatable bonds is 6. The van der Waals surface area contributed by atoms with Crippen molar-refractivity contribution in [1.29, 1.82) is 0 Å². The second-order valence-corrected chi connectivity index (χ2v) is 6.98. The molecule has 1 aliphatic heterocycles. The first-order chi connectivity index (χ1) is 10.0. The zero-order chi connectivity index (χ0) is 15.3. The van der Waals surface area contributed by atoms with Crippen LogP contribution in [0.5, 0.6) is 0 Å². The lowest BCUT2D eigenvalue weighted by Gasteiger charge is -2.26. The summed E-state index contributed by atoms with van der Waals surface area (Å²) in [5.41, 5.74) is -0.0195. The van der Waals surface area contributed by atoms with Crippen LogP contribution in [0.2, 0.25) is 0 Å². The van der Waals surface area contributed by atoms with Crippen molar-refractivity contribution in [2.75, 3.05) is 26.2 Å². The highest BCUT2D eigenvalue weighted by molar-refractivity contribution is 7.89. The van der Waals surface area contributed by atoms with Crippen molar-refractivity contribution in [2.24, 2.45) is 0 Å². The summed E-state index contributed by atoms with van der Waals surface area (Å²) >= 11 is 0. The maximum Gasteiger partial charge on any atom is 0.240 e. The Morgan fingerprint density at radius 2 is 1.95 bits per heavy atom. The van der Waals surface area contributed by atoms with E-state index in [0.717, 1.165) is 32.0 Å². The number of hydrogen-bond acceptors (Lipinski definition) is 4. The van der Waals surface area contributed by atoms with Crippen molar-refractivity contribution in [3.63, 3.8) is 0 Å². The fourth-order valence-electron chi connectivity index (χ4n) is 2.44. The molecule has 21 heavy (non-hydrogen) atoms. The molecule has 1 aromatic rings. The molecule has 0 aromatic heterocycles. The number of hydrogen-bond donors (Lipinski definition) is 2. The van der Waals surface area contributed by atoms with Gasteiger partial charge in [-0.3, -0.25) is 0 Å². The summed E-state index contributed by atoms with van der Waals surface area (Å²) < 4.78 is 40.0. The van der Waals surface area contributed by atoms with Gasteiger partial charge in [-0.15, -0.1) is 0 Å². The maximum absolute atomic E-state index is 13.3. The molecule has 5 nitrogen and oxygen atoms in total. The van der Waals surface area contributed by atoms with Crippen LogP contribution in [0.4, 0.5) is 4.39 Å². The average molecular weight is 316 g/mol. The van der Waals surface area contributed by atoms with Crippen molar-refractivity contribution in [3.8, 4) is 0 Å². The largest absolute Gasteiger partial charge is 0.392 e. The molecular weight excluding hydrogens is 295 g/mol. The normalized spacial score (nSPS) is 17.0. The van der Waals surface area contributed by atoms with Gasteiger partial charge in [0.25, 0.3) is 0 Å². The van der Waals surface area contributed by atoms with Crippen LogP contribution in [-0.4, -0.2) is 44.6 Å². The molecule has 0 bridgehead atoms. The van der Waals surface area contributed by atoms with Gasteiger partial charge in [-0.05, 0) is 44.1 Å². The fourth-order valence-corrected chi connectivity index (χ4v) is 3.52. The van der Waals surface area contributed by atoms with Crippen molar-refractivity contribution in [1.82, 2.24) is 9.62 Å². The first kappa shape index (κ1) is 16.4. The molecule has 118 valence electrons. The minimum Gasteiger partial charge on any atom is -0.392 e. The molecule has 2 N–H and O–H groups in total. The standard InChI is InChI=1S/C14H21FN2O3S/c15-14-5-4-13(10-12(14)11-18)21(19,20)16-6-9-17-7-2-1-3-8-17/h4-5,10,16,18H,1-3,6-9,11H2. The SMILES string of the molecule is O=S(=O)(NCCN1CCCCC1)c1ccc(F)c(CO)c1. The molecule has 0 unspecified atom stereocenters. The fraction of sp³-hybridized carbons (Fsp3) is 0.571. The van der Waals surface area contributed by atoms with E-state index in [2.05, 4.69) is 9.62 Å². The Balaban J connectivity index is 1.94. The Bertz CT molecular complexity index is 572. The Labute approximate surface area is 124 Å².